The van der Waals surface area contributed by atoms with Gasteiger partial charge < -0.3 is 5.11 Å². The van der Waals surface area contributed by atoms with E-state index in [-0.39, 0.29) is 6.42 Å². The highest BCUT2D eigenvalue weighted by Gasteiger charge is 2.10. The number of hydrogen-bond acceptors (Lipinski definition) is 4. The van der Waals surface area contributed by atoms with Gasteiger partial charge in [-0.05, 0) is 13.0 Å². The molecule has 0 aliphatic rings. The van der Waals surface area contributed by atoms with Gasteiger partial charge in [0, 0.05) is 18.1 Å². The molecule has 0 radical (unpaired) electrons. The Morgan fingerprint density at radius 1 is 1.62 bits per heavy atom. The Bertz CT molecular complexity index is 504. The molecule has 2 rings (SSSR count). The van der Waals surface area contributed by atoms with Crippen LogP contribution in [0.3, 0.4) is 0 Å². The molecule has 0 unspecified atom stereocenters. The number of nitrogens with zero attached hydrogens (tertiary/aromatic N) is 3. The first-order chi connectivity index (χ1) is 7.70. The number of carbonyl (C=O) groups is 1. The molecule has 2 aromatic heterocycles. The standard InChI is InChI=1S/C10H11N3O2S/c1-2-13-8(3-4-11-13)10-12-7(6-16-10)5-9(14)15/h3-4,6H,2,5H2,1H3,(H,14,15). The summed E-state index contributed by atoms with van der Waals surface area (Å²) in [7, 11) is 0. The fourth-order valence-electron chi connectivity index (χ4n) is 1.43. The second-order valence-electron chi connectivity index (χ2n) is 3.25. The van der Waals surface area contributed by atoms with E-state index in [1.807, 2.05) is 17.7 Å². The van der Waals surface area contributed by atoms with Crippen LogP contribution in [0.15, 0.2) is 17.6 Å². The summed E-state index contributed by atoms with van der Waals surface area (Å²) in [5.74, 6) is -0.860. The van der Waals surface area contributed by atoms with Crippen LogP contribution in [0.2, 0.25) is 0 Å². The molecule has 2 heterocycles. The number of aromatic nitrogens is 3. The van der Waals surface area contributed by atoms with Crippen LogP contribution in [-0.4, -0.2) is 25.8 Å². The zero-order valence-corrected chi connectivity index (χ0v) is 9.57. The van der Waals surface area contributed by atoms with Crippen molar-refractivity contribution in [3.05, 3.63) is 23.3 Å². The molecular weight excluding hydrogens is 226 g/mol. The summed E-state index contributed by atoms with van der Waals surface area (Å²) in [4.78, 5) is 14.8. The van der Waals surface area contributed by atoms with Crippen LogP contribution in [0.1, 0.15) is 12.6 Å². The van der Waals surface area contributed by atoms with Crippen molar-refractivity contribution in [1.29, 1.82) is 0 Å². The number of aryl methyl sites for hydroxylation is 1. The highest BCUT2D eigenvalue weighted by atomic mass is 32.1. The average Bonchev–Trinajstić information content (AvgIpc) is 2.83. The van der Waals surface area contributed by atoms with E-state index in [4.69, 9.17) is 5.11 Å². The Labute approximate surface area is 96.4 Å². The van der Waals surface area contributed by atoms with Crippen LogP contribution in [0.4, 0.5) is 0 Å². The van der Waals surface area contributed by atoms with Gasteiger partial charge in [-0.25, -0.2) is 4.98 Å². The summed E-state index contributed by atoms with van der Waals surface area (Å²) in [5, 5.41) is 15.4. The lowest BCUT2D eigenvalue weighted by molar-refractivity contribution is -0.136. The molecule has 6 heteroatoms. The molecule has 2 aromatic rings. The first-order valence-electron chi connectivity index (χ1n) is 4.89. The van der Waals surface area contributed by atoms with Crippen LogP contribution in [0.5, 0.6) is 0 Å². The smallest absolute Gasteiger partial charge is 0.309 e. The molecule has 0 saturated carbocycles. The number of thiazole rings is 1. The van der Waals surface area contributed by atoms with Crippen molar-refractivity contribution >= 4 is 17.3 Å². The van der Waals surface area contributed by atoms with Gasteiger partial charge in [-0.3, -0.25) is 9.48 Å². The minimum atomic E-state index is -0.860. The molecule has 1 N–H and O–H groups in total. The van der Waals surface area contributed by atoms with Crippen molar-refractivity contribution < 1.29 is 9.90 Å². The van der Waals surface area contributed by atoms with Gasteiger partial charge in [0.25, 0.3) is 0 Å². The van der Waals surface area contributed by atoms with Gasteiger partial charge in [0.05, 0.1) is 17.8 Å². The van der Waals surface area contributed by atoms with E-state index in [0.29, 0.717) is 5.69 Å². The number of hydrogen-bond donors (Lipinski definition) is 1. The normalized spacial score (nSPS) is 10.6. The van der Waals surface area contributed by atoms with E-state index in [1.165, 1.54) is 11.3 Å². The maximum absolute atomic E-state index is 10.5. The fourth-order valence-corrected chi connectivity index (χ4v) is 2.27. The van der Waals surface area contributed by atoms with Crippen LogP contribution >= 0.6 is 11.3 Å². The first kappa shape index (κ1) is 10.8. The molecule has 0 atom stereocenters. The summed E-state index contributed by atoms with van der Waals surface area (Å²) < 4.78 is 1.84. The largest absolute Gasteiger partial charge is 0.481 e. The minimum absolute atomic E-state index is 0.0310. The topological polar surface area (TPSA) is 68.0 Å². The summed E-state index contributed by atoms with van der Waals surface area (Å²) in [5.41, 5.74) is 1.53. The molecule has 0 aliphatic carbocycles. The molecule has 0 bridgehead atoms. The molecule has 16 heavy (non-hydrogen) atoms. The number of aliphatic carboxylic acids is 1. The van der Waals surface area contributed by atoms with Gasteiger partial charge in [0.2, 0.25) is 0 Å². The maximum Gasteiger partial charge on any atom is 0.309 e. The summed E-state index contributed by atoms with van der Waals surface area (Å²) >= 11 is 1.44. The summed E-state index contributed by atoms with van der Waals surface area (Å²) in [6, 6.07) is 1.88. The third-order valence-electron chi connectivity index (χ3n) is 2.12. The molecular formula is C10H11N3O2S. The zero-order chi connectivity index (χ0) is 11.5. The van der Waals surface area contributed by atoms with E-state index in [1.54, 1.807) is 11.6 Å². The fraction of sp³-hybridized carbons (Fsp3) is 0.300. The first-order valence-corrected chi connectivity index (χ1v) is 5.77. The zero-order valence-electron chi connectivity index (χ0n) is 8.75. The molecule has 5 nitrogen and oxygen atoms in total. The van der Waals surface area contributed by atoms with Crippen molar-refractivity contribution in [2.75, 3.05) is 0 Å². The number of carboxylic acids is 1. The summed E-state index contributed by atoms with van der Waals surface area (Å²) in [6.07, 6.45) is 1.69. The predicted molar refractivity (Wildman–Crippen MR) is 60.3 cm³/mol. The third-order valence-corrected chi connectivity index (χ3v) is 3.03. The molecule has 0 spiro atoms. The lowest BCUT2D eigenvalue weighted by Crippen LogP contribution is -2.01. The van der Waals surface area contributed by atoms with Crippen molar-refractivity contribution in [3.8, 4) is 10.7 Å². The van der Waals surface area contributed by atoms with Crippen molar-refractivity contribution in [2.45, 2.75) is 19.9 Å². The Kier molecular flexibility index (Phi) is 3.00. The molecule has 0 amide bonds. The molecule has 0 saturated heterocycles. The lowest BCUT2D eigenvalue weighted by atomic mass is 10.3. The quantitative estimate of drug-likeness (QED) is 0.878. The van der Waals surface area contributed by atoms with Gasteiger partial charge >= 0.3 is 5.97 Å². The van der Waals surface area contributed by atoms with Crippen molar-refractivity contribution in [2.24, 2.45) is 0 Å². The van der Waals surface area contributed by atoms with Gasteiger partial charge in [-0.15, -0.1) is 11.3 Å². The van der Waals surface area contributed by atoms with Crippen molar-refractivity contribution in [1.82, 2.24) is 14.8 Å². The second kappa shape index (κ2) is 4.44. The van der Waals surface area contributed by atoms with Crippen molar-refractivity contribution in [3.63, 3.8) is 0 Å². The SMILES string of the molecule is CCn1nccc1-c1nc(CC(=O)O)cs1. The molecule has 84 valence electrons. The van der Waals surface area contributed by atoms with Crippen LogP contribution in [0.25, 0.3) is 10.7 Å². The predicted octanol–water partition coefficient (Wildman–Crippen LogP) is 1.65. The monoisotopic (exact) mass is 237 g/mol. The van der Waals surface area contributed by atoms with E-state index in [0.717, 1.165) is 17.2 Å². The highest BCUT2D eigenvalue weighted by Crippen LogP contribution is 2.23. The van der Waals surface area contributed by atoms with Crippen LogP contribution < -0.4 is 0 Å². The molecule has 0 aromatic carbocycles. The van der Waals surface area contributed by atoms with Crippen LogP contribution in [-0.2, 0) is 17.8 Å². The van der Waals surface area contributed by atoms with E-state index < -0.39 is 5.97 Å². The Balaban J connectivity index is 2.28. The van der Waals surface area contributed by atoms with Gasteiger partial charge in [0.1, 0.15) is 5.01 Å². The van der Waals surface area contributed by atoms with Crippen LogP contribution in [0, 0.1) is 0 Å². The van der Waals surface area contributed by atoms with Gasteiger partial charge in [-0.2, -0.15) is 5.10 Å². The Morgan fingerprint density at radius 3 is 3.12 bits per heavy atom. The lowest BCUT2D eigenvalue weighted by Gasteiger charge is -1.99. The number of rotatable bonds is 4. The van der Waals surface area contributed by atoms with Gasteiger partial charge in [0.15, 0.2) is 0 Å². The average molecular weight is 237 g/mol. The number of carboxylic acid groups (broad SMARTS) is 1. The van der Waals surface area contributed by atoms with E-state index >= 15 is 0 Å². The molecule has 0 fully saturated rings. The Morgan fingerprint density at radius 2 is 2.44 bits per heavy atom. The minimum Gasteiger partial charge on any atom is -0.481 e. The maximum atomic E-state index is 10.5. The Hall–Kier alpha value is -1.69. The molecule has 0 aliphatic heterocycles. The summed E-state index contributed by atoms with van der Waals surface area (Å²) in [6.45, 7) is 2.78. The highest BCUT2D eigenvalue weighted by molar-refractivity contribution is 7.13. The van der Waals surface area contributed by atoms with E-state index in [9.17, 15) is 4.79 Å². The third kappa shape index (κ3) is 2.11. The van der Waals surface area contributed by atoms with Gasteiger partial charge in [-0.1, -0.05) is 0 Å². The second-order valence-corrected chi connectivity index (χ2v) is 4.10. The van der Waals surface area contributed by atoms with E-state index in [2.05, 4.69) is 10.1 Å².